The van der Waals surface area contributed by atoms with E-state index in [4.69, 9.17) is 20.9 Å². The minimum Gasteiger partial charge on any atom is -0.478 e. The molecule has 8 heteroatoms. The maximum Gasteiger partial charge on any atom is 0.338 e. The number of hydrogen-bond acceptors (Lipinski definition) is 7. The molecular formula is C31H34N2O6. The lowest BCUT2D eigenvalue weighted by atomic mass is 10.00. The molecule has 0 fully saturated rings. The van der Waals surface area contributed by atoms with Crippen molar-refractivity contribution in [2.75, 3.05) is 18.1 Å². The summed E-state index contributed by atoms with van der Waals surface area (Å²) in [5.41, 5.74) is 15.0. The summed E-state index contributed by atoms with van der Waals surface area (Å²) in [7, 11) is 0. The molecule has 8 nitrogen and oxygen atoms in total. The molecule has 3 rings (SSSR count). The Morgan fingerprint density at radius 1 is 0.897 bits per heavy atom. The van der Waals surface area contributed by atoms with E-state index in [1.807, 2.05) is 12.1 Å². The van der Waals surface area contributed by atoms with Gasteiger partial charge in [0.05, 0.1) is 17.7 Å². The molecule has 0 radical (unpaired) electrons. The second-order valence-electron chi connectivity index (χ2n) is 9.16. The molecule has 0 amide bonds. The first kappa shape index (κ1) is 29.0. The Morgan fingerprint density at radius 3 is 2.28 bits per heavy atom. The van der Waals surface area contributed by atoms with Crippen LogP contribution in [-0.2, 0) is 22.4 Å². The first-order valence-electron chi connectivity index (χ1n) is 12.9. The summed E-state index contributed by atoms with van der Waals surface area (Å²) in [6.07, 6.45) is 8.18. The van der Waals surface area contributed by atoms with Crippen molar-refractivity contribution in [2.45, 2.75) is 45.4 Å². The smallest absolute Gasteiger partial charge is 0.338 e. The Morgan fingerprint density at radius 2 is 1.62 bits per heavy atom. The van der Waals surface area contributed by atoms with Crippen molar-refractivity contribution in [1.29, 1.82) is 0 Å². The predicted octanol–water partition coefficient (Wildman–Crippen LogP) is 5.69. The van der Waals surface area contributed by atoms with Crippen molar-refractivity contribution in [2.24, 2.45) is 0 Å². The van der Waals surface area contributed by atoms with Gasteiger partial charge in [0.15, 0.2) is 0 Å². The highest BCUT2D eigenvalue weighted by Gasteiger charge is 2.15. The van der Waals surface area contributed by atoms with E-state index >= 15 is 0 Å². The van der Waals surface area contributed by atoms with Gasteiger partial charge in [-0.05, 0) is 84.8 Å². The van der Waals surface area contributed by atoms with Crippen LogP contribution in [0.1, 0.15) is 70.0 Å². The van der Waals surface area contributed by atoms with Gasteiger partial charge in [-0.15, -0.1) is 0 Å². The van der Waals surface area contributed by atoms with Crippen molar-refractivity contribution in [1.82, 2.24) is 0 Å². The number of esters is 2. The zero-order valence-electron chi connectivity index (χ0n) is 22.0. The van der Waals surface area contributed by atoms with Crippen LogP contribution < -0.4 is 16.2 Å². The van der Waals surface area contributed by atoms with Gasteiger partial charge in [-0.1, -0.05) is 44.0 Å². The summed E-state index contributed by atoms with van der Waals surface area (Å²) in [4.78, 5) is 36.0. The zero-order chi connectivity index (χ0) is 28.2. The van der Waals surface area contributed by atoms with Gasteiger partial charge in [-0.2, -0.15) is 0 Å². The lowest BCUT2D eigenvalue weighted by Crippen LogP contribution is -2.10. The minimum atomic E-state index is -1.12. The Bertz CT molecular complexity index is 1310. The second kappa shape index (κ2) is 14.4. The summed E-state index contributed by atoms with van der Waals surface area (Å²) in [6.45, 7) is 2.26. The average Bonchev–Trinajstić information content (AvgIpc) is 2.91. The highest BCUT2D eigenvalue weighted by atomic mass is 16.5. The molecule has 0 aliphatic heterocycles. The number of carboxylic acids is 1. The van der Waals surface area contributed by atoms with E-state index in [1.54, 1.807) is 42.5 Å². The molecule has 0 unspecified atom stereocenters. The first-order valence-corrected chi connectivity index (χ1v) is 12.9. The third-order valence-corrected chi connectivity index (χ3v) is 6.11. The summed E-state index contributed by atoms with van der Waals surface area (Å²) < 4.78 is 10.7. The van der Waals surface area contributed by atoms with E-state index in [0.717, 1.165) is 18.4 Å². The van der Waals surface area contributed by atoms with Crippen LogP contribution >= 0.6 is 0 Å². The van der Waals surface area contributed by atoms with Crippen LogP contribution in [0.4, 0.5) is 11.4 Å². The summed E-state index contributed by atoms with van der Waals surface area (Å²) in [5, 5.41) is 9.38. The average molecular weight is 531 g/mol. The number of carboxylic acid groups (broad SMARTS) is 1. The SMILES string of the molecule is CCCCCc1ccc(OC(=O)/C=C/c2ccc(C(=O)OCCCc3c(N)cc(N)cc3C(=O)O)cc2)cc1. The Kier molecular flexibility index (Phi) is 10.7. The monoisotopic (exact) mass is 530 g/mol. The van der Waals surface area contributed by atoms with Crippen LogP contribution in [-0.4, -0.2) is 29.6 Å². The van der Waals surface area contributed by atoms with Crippen molar-refractivity contribution in [3.8, 4) is 5.75 Å². The largest absolute Gasteiger partial charge is 0.478 e. The number of unbranched alkanes of at least 4 members (excludes halogenated alkanes) is 2. The molecular weight excluding hydrogens is 496 g/mol. The fourth-order valence-corrected chi connectivity index (χ4v) is 4.03. The topological polar surface area (TPSA) is 142 Å². The van der Waals surface area contributed by atoms with Crippen LogP contribution in [0.3, 0.4) is 0 Å². The Hall–Kier alpha value is -4.59. The van der Waals surface area contributed by atoms with Gasteiger partial charge in [0.25, 0.3) is 0 Å². The Labute approximate surface area is 228 Å². The van der Waals surface area contributed by atoms with Crippen LogP contribution in [0.25, 0.3) is 6.08 Å². The van der Waals surface area contributed by atoms with Crippen molar-refractivity contribution in [3.05, 3.63) is 94.6 Å². The molecule has 5 N–H and O–H groups in total. The molecule has 204 valence electrons. The molecule has 0 aliphatic carbocycles. The number of rotatable bonds is 13. The first-order chi connectivity index (χ1) is 18.8. The molecule has 0 spiro atoms. The number of aryl methyl sites for hydroxylation is 1. The van der Waals surface area contributed by atoms with Crippen LogP contribution in [0.2, 0.25) is 0 Å². The lowest BCUT2D eigenvalue weighted by Gasteiger charge is -2.11. The molecule has 0 bridgehead atoms. The number of aromatic carboxylic acids is 1. The van der Waals surface area contributed by atoms with Crippen LogP contribution in [0.15, 0.2) is 66.7 Å². The van der Waals surface area contributed by atoms with E-state index in [0.29, 0.717) is 35.4 Å². The van der Waals surface area contributed by atoms with E-state index < -0.39 is 17.9 Å². The number of carbonyl (C=O) groups excluding carboxylic acids is 2. The number of benzene rings is 3. The van der Waals surface area contributed by atoms with Gasteiger partial charge in [-0.25, -0.2) is 14.4 Å². The molecule has 0 heterocycles. The van der Waals surface area contributed by atoms with E-state index in [-0.39, 0.29) is 17.9 Å². The summed E-state index contributed by atoms with van der Waals surface area (Å²) in [5.74, 6) is -1.63. The highest BCUT2D eigenvalue weighted by Crippen LogP contribution is 2.23. The van der Waals surface area contributed by atoms with Crippen molar-refractivity contribution >= 4 is 35.4 Å². The standard InChI is InChI=1S/C31H34N2O6/c1-2-3-4-6-21-10-15-25(16-11-21)39-29(34)17-12-22-8-13-23(14-9-22)31(37)38-18-5-7-26-27(30(35)36)19-24(32)20-28(26)33/h8-17,19-20H,2-7,18,32-33H2,1H3,(H,35,36)/b17-12+. The minimum absolute atomic E-state index is 0.0436. The van der Waals surface area contributed by atoms with Gasteiger partial charge >= 0.3 is 17.9 Å². The molecule has 3 aromatic carbocycles. The molecule has 0 atom stereocenters. The third-order valence-electron chi connectivity index (χ3n) is 6.11. The van der Waals surface area contributed by atoms with Gasteiger partial charge < -0.3 is 26.0 Å². The molecule has 0 aromatic heterocycles. The maximum absolute atomic E-state index is 12.4. The molecule has 39 heavy (non-hydrogen) atoms. The maximum atomic E-state index is 12.4. The number of hydrogen-bond donors (Lipinski definition) is 3. The quantitative estimate of drug-likeness (QED) is 0.0841. The highest BCUT2D eigenvalue weighted by molar-refractivity contribution is 5.93. The molecule has 3 aromatic rings. The van der Waals surface area contributed by atoms with Gasteiger partial charge in [0.2, 0.25) is 0 Å². The Balaban J connectivity index is 1.45. The van der Waals surface area contributed by atoms with Crippen molar-refractivity contribution in [3.63, 3.8) is 0 Å². The van der Waals surface area contributed by atoms with E-state index in [9.17, 15) is 19.5 Å². The normalized spacial score (nSPS) is 10.9. The number of nitrogens with two attached hydrogens (primary N) is 2. The molecule has 0 aliphatic rings. The van der Waals surface area contributed by atoms with E-state index in [1.165, 1.54) is 36.6 Å². The number of ether oxygens (including phenoxy) is 2. The summed E-state index contributed by atoms with van der Waals surface area (Å²) >= 11 is 0. The van der Waals surface area contributed by atoms with Gasteiger partial charge in [0, 0.05) is 17.5 Å². The summed E-state index contributed by atoms with van der Waals surface area (Å²) in [6, 6.07) is 17.0. The number of anilines is 2. The van der Waals surface area contributed by atoms with Crippen LogP contribution in [0, 0.1) is 0 Å². The van der Waals surface area contributed by atoms with Gasteiger partial charge in [-0.3, -0.25) is 0 Å². The second-order valence-corrected chi connectivity index (χ2v) is 9.16. The van der Waals surface area contributed by atoms with E-state index in [2.05, 4.69) is 6.92 Å². The number of nitrogen functional groups attached to an aromatic ring is 2. The van der Waals surface area contributed by atoms with Crippen LogP contribution in [0.5, 0.6) is 5.75 Å². The van der Waals surface area contributed by atoms with Crippen molar-refractivity contribution < 1.29 is 29.0 Å². The molecule has 0 saturated heterocycles. The zero-order valence-corrected chi connectivity index (χ0v) is 22.0. The predicted molar refractivity (Wildman–Crippen MR) is 152 cm³/mol. The fraction of sp³-hybridized carbons (Fsp3) is 0.258. The fourth-order valence-electron chi connectivity index (χ4n) is 4.03. The third kappa shape index (κ3) is 9.03. The lowest BCUT2D eigenvalue weighted by molar-refractivity contribution is -0.128. The van der Waals surface area contributed by atoms with Gasteiger partial charge in [0.1, 0.15) is 5.75 Å². The number of carbonyl (C=O) groups is 3. The molecule has 0 saturated carbocycles.